The van der Waals surface area contributed by atoms with Crippen molar-refractivity contribution in [3.63, 3.8) is 0 Å². The predicted octanol–water partition coefficient (Wildman–Crippen LogP) is 4.31. The molecule has 3 rings (SSSR count). The molecule has 0 fully saturated rings. The molecule has 26 heavy (non-hydrogen) atoms. The third-order valence-corrected chi connectivity index (χ3v) is 4.32. The maximum absolute atomic E-state index is 12.8. The van der Waals surface area contributed by atoms with Gasteiger partial charge in [-0.3, -0.25) is 9.59 Å². The number of nitrogens with zero attached hydrogens (tertiary/aromatic N) is 1. The summed E-state index contributed by atoms with van der Waals surface area (Å²) in [7, 11) is 0. The van der Waals surface area contributed by atoms with E-state index in [4.69, 9.17) is 33.5 Å². The molecule has 0 bridgehead atoms. The number of hydrogen-bond donors (Lipinski definition) is 2. The van der Waals surface area contributed by atoms with E-state index in [1.54, 1.807) is 43.3 Å². The first-order valence-electron chi connectivity index (χ1n) is 7.50. The standard InChI is InChI=1S/C18H13Cl2N3O3/c1-9-14(16(23-26-9)15-12(19)6-3-7-13(15)20)18(25)22-11-5-2-4-10(8-11)17(21)24/h2-8H,1H3,(H2,21,24)(H,22,25). The molecule has 0 radical (unpaired) electrons. The Bertz CT molecular complexity index is 994. The second kappa shape index (κ2) is 7.19. The van der Waals surface area contributed by atoms with E-state index in [0.717, 1.165) is 0 Å². The van der Waals surface area contributed by atoms with E-state index >= 15 is 0 Å². The van der Waals surface area contributed by atoms with Crippen LogP contribution in [0.25, 0.3) is 11.3 Å². The molecule has 0 spiro atoms. The van der Waals surface area contributed by atoms with Crippen LogP contribution in [0.4, 0.5) is 5.69 Å². The van der Waals surface area contributed by atoms with Crippen LogP contribution in [-0.4, -0.2) is 17.0 Å². The molecule has 0 aliphatic heterocycles. The van der Waals surface area contributed by atoms with Gasteiger partial charge in [0.25, 0.3) is 5.91 Å². The molecular formula is C18H13Cl2N3O3. The van der Waals surface area contributed by atoms with Crippen molar-refractivity contribution in [2.75, 3.05) is 5.32 Å². The predicted molar refractivity (Wildman–Crippen MR) is 99.6 cm³/mol. The van der Waals surface area contributed by atoms with Crippen molar-refractivity contribution in [2.45, 2.75) is 6.92 Å². The van der Waals surface area contributed by atoms with Gasteiger partial charge >= 0.3 is 0 Å². The summed E-state index contributed by atoms with van der Waals surface area (Å²) in [6, 6.07) is 11.3. The number of benzene rings is 2. The van der Waals surface area contributed by atoms with Crippen molar-refractivity contribution in [3.8, 4) is 11.3 Å². The number of amides is 2. The molecule has 8 heteroatoms. The van der Waals surface area contributed by atoms with Crippen LogP contribution < -0.4 is 11.1 Å². The summed E-state index contributed by atoms with van der Waals surface area (Å²) < 4.78 is 5.18. The Balaban J connectivity index is 2.00. The molecule has 2 aromatic carbocycles. The quantitative estimate of drug-likeness (QED) is 0.694. The largest absolute Gasteiger partial charge is 0.366 e. The Morgan fingerprint density at radius 2 is 1.77 bits per heavy atom. The second-order valence-corrected chi connectivity index (χ2v) is 6.27. The van der Waals surface area contributed by atoms with Crippen molar-refractivity contribution >= 4 is 40.7 Å². The number of anilines is 1. The average molecular weight is 390 g/mol. The lowest BCUT2D eigenvalue weighted by Crippen LogP contribution is -2.15. The van der Waals surface area contributed by atoms with Gasteiger partial charge in [-0.1, -0.05) is 40.5 Å². The Hall–Kier alpha value is -2.83. The fourth-order valence-electron chi connectivity index (χ4n) is 2.48. The van der Waals surface area contributed by atoms with Crippen LogP contribution in [0.2, 0.25) is 10.0 Å². The molecule has 6 nitrogen and oxygen atoms in total. The number of nitrogens with two attached hydrogens (primary N) is 1. The lowest BCUT2D eigenvalue weighted by atomic mass is 10.1. The Morgan fingerprint density at radius 1 is 1.12 bits per heavy atom. The van der Waals surface area contributed by atoms with Gasteiger partial charge in [0.2, 0.25) is 5.91 Å². The number of aryl methyl sites for hydroxylation is 1. The fraction of sp³-hybridized carbons (Fsp3) is 0.0556. The average Bonchev–Trinajstić information content (AvgIpc) is 2.96. The highest BCUT2D eigenvalue weighted by Gasteiger charge is 2.25. The van der Waals surface area contributed by atoms with Crippen molar-refractivity contribution in [3.05, 3.63) is 69.4 Å². The summed E-state index contributed by atoms with van der Waals surface area (Å²) >= 11 is 12.4. The first-order valence-corrected chi connectivity index (χ1v) is 8.26. The van der Waals surface area contributed by atoms with Crippen LogP contribution >= 0.6 is 23.2 Å². The molecule has 2 amide bonds. The van der Waals surface area contributed by atoms with Gasteiger partial charge in [0.1, 0.15) is 17.0 Å². The summed E-state index contributed by atoms with van der Waals surface area (Å²) in [4.78, 5) is 24.1. The zero-order chi connectivity index (χ0) is 18.8. The monoisotopic (exact) mass is 389 g/mol. The summed E-state index contributed by atoms with van der Waals surface area (Å²) in [5.41, 5.74) is 6.78. The van der Waals surface area contributed by atoms with Crippen molar-refractivity contribution in [2.24, 2.45) is 5.73 Å². The second-order valence-electron chi connectivity index (χ2n) is 5.46. The number of rotatable bonds is 4. The highest BCUT2D eigenvalue weighted by molar-refractivity contribution is 6.39. The highest BCUT2D eigenvalue weighted by Crippen LogP contribution is 2.36. The van der Waals surface area contributed by atoms with E-state index in [1.807, 2.05) is 0 Å². The molecule has 1 aromatic heterocycles. The van der Waals surface area contributed by atoms with Gasteiger partial charge in [-0.05, 0) is 37.3 Å². The molecule has 0 aliphatic rings. The van der Waals surface area contributed by atoms with Gasteiger partial charge in [-0.15, -0.1) is 0 Å². The summed E-state index contributed by atoms with van der Waals surface area (Å²) in [6.45, 7) is 1.61. The molecule has 3 aromatic rings. The topological polar surface area (TPSA) is 98.2 Å². The summed E-state index contributed by atoms with van der Waals surface area (Å²) in [5, 5.41) is 7.32. The lowest BCUT2D eigenvalue weighted by Gasteiger charge is -2.08. The third-order valence-electron chi connectivity index (χ3n) is 3.69. The van der Waals surface area contributed by atoms with E-state index in [2.05, 4.69) is 10.5 Å². The van der Waals surface area contributed by atoms with E-state index in [1.165, 1.54) is 6.07 Å². The minimum atomic E-state index is -0.592. The van der Waals surface area contributed by atoms with E-state index in [0.29, 0.717) is 27.1 Å². The molecule has 1 heterocycles. The SMILES string of the molecule is Cc1onc(-c2c(Cl)cccc2Cl)c1C(=O)Nc1cccc(C(N)=O)c1. The van der Waals surface area contributed by atoms with Crippen molar-refractivity contribution in [1.29, 1.82) is 0 Å². The zero-order valence-corrected chi connectivity index (χ0v) is 15.1. The Kier molecular flexibility index (Phi) is 4.97. The molecular weight excluding hydrogens is 377 g/mol. The number of nitrogens with one attached hydrogen (secondary N) is 1. The number of carbonyl (C=O) groups is 2. The van der Waals surface area contributed by atoms with E-state index < -0.39 is 11.8 Å². The van der Waals surface area contributed by atoms with Gasteiger partial charge in [-0.25, -0.2) is 0 Å². The minimum Gasteiger partial charge on any atom is -0.366 e. The van der Waals surface area contributed by atoms with Crippen LogP contribution in [-0.2, 0) is 0 Å². The normalized spacial score (nSPS) is 10.6. The first-order chi connectivity index (χ1) is 12.4. The van der Waals surface area contributed by atoms with Gasteiger partial charge < -0.3 is 15.6 Å². The number of aromatic nitrogens is 1. The first kappa shape index (κ1) is 18.0. The molecule has 0 saturated heterocycles. The number of primary amides is 1. The van der Waals surface area contributed by atoms with E-state index in [9.17, 15) is 9.59 Å². The maximum atomic E-state index is 12.8. The van der Waals surface area contributed by atoms with Crippen LogP contribution in [0.15, 0.2) is 47.0 Å². The molecule has 0 atom stereocenters. The Morgan fingerprint density at radius 3 is 2.42 bits per heavy atom. The smallest absolute Gasteiger partial charge is 0.261 e. The van der Waals surface area contributed by atoms with Crippen LogP contribution in [0.5, 0.6) is 0 Å². The Labute approximate surface area is 158 Å². The number of hydrogen-bond acceptors (Lipinski definition) is 4. The van der Waals surface area contributed by atoms with Crippen molar-refractivity contribution < 1.29 is 14.1 Å². The lowest BCUT2D eigenvalue weighted by molar-refractivity contribution is 0.0996. The molecule has 0 saturated carbocycles. The van der Waals surface area contributed by atoms with Crippen LogP contribution in [0.1, 0.15) is 26.5 Å². The van der Waals surface area contributed by atoms with Crippen molar-refractivity contribution in [1.82, 2.24) is 5.16 Å². The fourth-order valence-corrected chi connectivity index (χ4v) is 3.05. The number of carbonyl (C=O) groups excluding carboxylic acids is 2. The summed E-state index contributed by atoms with van der Waals surface area (Å²) in [5.74, 6) is -0.762. The highest BCUT2D eigenvalue weighted by atomic mass is 35.5. The zero-order valence-electron chi connectivity index (χ0n) is 13.5. The molecule has 132 valence electrons. The third kappa shape index (κ3) is 3.42. The van der Waals surface area contributed by atoms with Crippen LogP contribution in [0.3, 0.4) is 0 Å². The van der Waals surface area contributed by atoms with Gasteiger partial charge in [0.05, 0.1) is 10.0 Å². The van der Waals surface area contributed by atoms with E-state index in [-0.39, 0.29) is 16.8 Å². The molecule has 3 N–H and O–H groups in total. The van der Waals surface area contributed by atoms with Gasteiger partial charge in [0.15, 0.2) is 0 Å². The van der Waals surface area contributed by atoms with Gasteiger partial charge in [-0.2, -0.15) is 0 Å². The van der Waals surface area contributed by atoms with Gasteiger partial charge in [0, 0.05) is 16.8 Å². The number of halogens is 2. The maximum Gasteiger partial charge on any atom is 0.261 e. The molecule has 0 aliphatic carbocycles. The summed E-state index contributed by atoms with van der Waals surface area (Å²) in [6.07, 6.45) is 0. The minimum absolute atomic E-state index is 0.199. The molecule has 0 unspecified atom stereocenters. The van der Waals surface area contributed by atoms with Crippen LogP contribution in [0, 0.1) is 6.92 Å².